The monoisotopic (exact) mass is 846 g/mol. The van der Waals surface area contributed by atoms with Crippen LogP contribution in [0.4, 0.5) is 4.79 Å². The van der Waals surface area contributed by atoms with Crippen molar-refractivity contribution >= 4 is 17.9 Å². The first kappa shape index (κ1) is 53.6. The van der Waals surface area contributed by atoms with Crippen LogP contribution in [0.5, 0.6) is 0 Å². The van der Waals surface area contributed by atoms with Gasteiger partial charge in [0.2, 0.25) is 11.8 Å². The molecule has 1 fully saturated rings. The minimum Gasteiger partial charge on any atom is -0.444 e. The van der Waals surface area contributed by atoms with Crippen LogP contribution in [0.1, 0.15) is 200 Å². The second-order valence-corrected chi connectivity index (χ2v) is 17.7. The van der Waals surface area contributed by atoms with Crippen molar-refractivity contribution in [1.82, 2.24) is 9.80 Å². The lowest BCUT2D eigenvalue weighted by atomic mass is 9.92. The van der Waals surface area contributed by atoms with E-state index in [0.717, 1.165) is 43.4 Å². The zero-order chi connectivity index (χ0) is 44.0. The van der Waals surface area contributed by atoms with E-state index in [0.29, 0.717) is 18.4 Å². The van der Waals surface area contributed by atoms with E-state index in [9.17, 15) is 29.7 Å². The first-order chi connectivity index (χ1) is 29.1. The molecule has 60 heavy (non-hydrogen) atoms. The highest BCUT2D eigenvalue weighted by Gasteiger charge is 2.53. The van der Waals surface area contributed by atoms with E-state index in [2.05, 4.69) is 13.8 Å². The van der Waals surface area contributed by atoms with Crippen LogP contribution in [-0.2, 0) is 25.7 Å². The maximum absolute atomic E-state index is 14.3. The third-order valence-electron chi connectivity index (χ3n) is 12.2. The van der Waals surface area contributed by atoms with Crippen molar-refractivity contribution in [3.8, 4) is 0 Å². The van der Waals surface area contributed by atoms with Gasteiger partial charge in [0.1, 0.15) is 31.0 Å². The predicted molar refractivity (Wildman–Crippen MR) is 241 cm³/mol. The summed E-state index contributed by atoms with van der Waals surface area (Å²) in [5.74, 6) is -1.43. The molecular formula is C49H87N3O8. The molecule has 0 bridgehead atoms. The van der Waals surface area contributed by atoms with Crippen LogP contribution < -0.4 is 5.73 Å². The Bertz CT molecular complexity index is 1250. The zero-order valence-corrected chi connectivity index (χ0v) is 38.3. The first-order valence-corrected chi connectivity index (χ1v) is 24.3. The molecule has 346 valence electrons. The molecule has 1 aromatic carbocycles. The van der Waals surface area contributed by atoms with Gasteiger partial charge in [0.25, 0.3) is 0 Å². The molecule has 0 aliphatic carbocycles. The number of nitrogens with two attached hydrogens (primary N) is 1. The van der Waals surface area contributed by atoms with Gasteiger partial charge in [-0.2, -0.15) is 0 Å². The average molecular weight is 846 g/mol. The lowest BCUT2D eigenvalue weighted by Gasteiger charge is -2.49. The summed E-state index contributed by atoms with van der Waals surface area (Å²) in [6.45, 7) is 7.42. The number of imide groups is 1. The van der Waals surface area contributed by atoms with Gasteiger partial charge in [-0.15, -0.1) is 0 Å². The molecule has 1 aliphatic heterocycles. The van der Waals surface area contributed by atoms with Crippen LogP contribution in [0, 0.1) is 5.92 Å². The van der Waals surface area contributed by atoms with E-state index in [-0.39, 0.29) is 31.4 Å². The number of benzene rings is 1. The molecule has 1 aromatic rings. The summed E-state index contributed by atoms with van der Waals surface area (Å²) in [7, 11) is 0. The summed E-state index contributed by atoms with van der Waals surface area (Å²) in [5.41, 5.74) is 7.05. The van der Waals surface area contributed by atoms with E-state index in [1.54, 1.807) is 38.1 Å². The lowest BCUT2D eigenvalue weighted by Crippen LogP contribution is -2.71. The van der Waals surface area contributed by atoms with Crippen molar-refractivity contribution in [2.75, 3.05) is 13.2 Å². The molecule has 0 spiro atoms. The van der Waals surface area contributed by atoms with Crippen LogP contribution in [0.25, 0.3) is 0 Å². The molecule has 2 rings (SSSR count). The van der Waals surface area contributed by atoms with Crippen LogP contribution in [0.2, 0.25) is 0 Å². The van der Waals surface area contributed by atoms with Gasteiger partial charge in [0.15, 0.2) is 6.23 Å². The van der Waals surface area contributed by atoms with E-state index in [1.807, 2.05) is 6.07 Å². The van der Waals surface area contributed by atoms with Crippen molar-refractivity contribution in [3.05, 3.63) is 35.9 Å². The second-order valence-electron chi connectivity index (χ2n) is 17.7. The highest BCUT2D eigenvalue weighted by atomic mass is 16.6. The van der Waals surface area contributed by atoms with Crippen LogP contribution in [-0.4, -0.2) is 92.8 Å². The molecular weight excluding hydrogens is 759 g/mol. The molecule has 0 unspecified atom stereocenters. The third-order valence-corrected chi connectivity index (χ3v) is 12.2. The fourth-order valence-corrected chi connectivity index (χ4v) is 8.17. The maximum Gasteiger partial charge on any atom is 0.417 e. The summed E-state index contributed by atoms with van der Waals surface area (Å²) in [6.07, 6.45) is 22.3. The number of nitrogens with zero attached hydrogens (tertiary/aromatic N) is 2. The standard InChI is InChI=1S/C49H87N3O8/c1-5-7-9-11-13-15-16-17-18-19-20-21-23-25-27-32-36-51(42(54)35-31-26-24-22-14-12-10-8-6-2)48-44(46(56)45(55)41(37-53)60-48)52(47(57)43(50)39(3)4)49(58)59-38-40-33-29-28-30-34-40/h28-30,33-34,39,41,43-46,48,53,55-56H,5-27,31-32,35-38,50H2,1-4H3/t41-,43+,44-,45-,46-,48-/m1/s1. The second kappa shape index (κ2) is 33.0. The fraction of sp³-hybridized carbons (Fsp3) is 0.816. The normalized spacial score (nSPS) is 19.6. The molecule has 6 atom stereocenters. The van der Waals surface area contributed by atoms with Gasteiger partial charge in [0.05, 0.1) is 12.6 Å². The van der Waals surface area contributed by atoms with Gasteiger partial charge in [-0.3, -0.25) is 9.59 Å². The minimum atomic E-state index is -1.76. The molecule has 1 saturated heterocycles. The van der Waals surface area contributed by atoms with Gasteiger partial charge < -0.3 is 35.4 Å². The minimum absolute atomic E-state index is 0.156. The molecule has 1 aliphatic rings. The Morgan fingerprint density at radius 2 is 1.13 bits per heavy atom. The number of carbonyl (C=O) groups excluding carboxylic acids is 3. The quantitative estimate of drug-likeness (QED) is 0.0495. The SMILES string of the molecule is CCCCCCCCCCCCCCCCCCN(C(=O)CCCCCCCCCCC)[C@@H]1O[C@H](CO)[C@@H](O)[C@H](O)[C@H]1N(C(=O)OCc1ccccc1)C(=O)[C@@H](N)C(C)C. The zero-order valence-electron chi connectivity index (χ0n) is 38.3. The molecule has 0 radical (unpaired) electrons. The number of rotatable bonds is 34. The Labute approximate surface area is 364 Å². The largest absolute Gasteiger partial charge is 0.444 e. The number of aliphatic hydroxyl groups is 3. The summed E-state index contributed by atoms with van der Waals surface area (Å²) in [6, 6.07) is 6.30. The van der Waals surface area contributed by atoms with Crippen molar-refractivity contribution in [1.29, 1.82) is 0 Å². The van der Waals surface area contributed by atoms with E-state index < -0.39 is 55.2 Å². The van der Waals surface area contributed by atoms with Gasteiger partial charge >= 0.3 is 6.09 Å². The van der Waals surface area contributed by atoms with Crippen molar-refractivity contribution in [3.63, 3.8) is 0 Å². The number of hydrogen-bond donors (Lipinski definition) is 4. The van der Waals surface area contributed by atoms with Crippen LogP contribution in [0.15, 0.2) is 30.3 Å². The first-order valence-electron chi connectivity index (χ1n) is 24.3. The van der Waals surface area contributed by atoms with Gasteiger partial charge in [-0.25, -0.2) is 9.69 Å². The Morgan fingerprint density at radius 3 is 1.58 bits per heavy atom. The Kier molecular flexibility index (Phi) is 29.5. The number of amides is 3. The topological polar surface area (TPSA) is 163 Å². The smallest absolute Gasteiger partial charge is 0.417 e. The molecule has 0 aromatic heterocycles. The Morgan fingerprint density at radius 1 is 0.683 bits per heavy atom. The fourth-order valence-electron chi connectivity index (χ4n) is 8.17. The van der Waals surface area contributed by atoms with E-state index in [1.165, 1.54) is 114 Å². The van der Waals surface area contributed by atoms with E-state index in [4.69, 9.17) is 15.2 Å². The number of carbonyl (C=O) groups is 3. The maximum atomic E-state index is 14.3. The number of unbranched alkanes of at least 4 members (excludes halogenated alkanes) is 23. The van der Waals surface area contributed by atoms with Crippen molar-refractivity contribution < 1.29 is 39.2 Å². The van der Waals surface area contributed by atoms with Crippen molar-refractivity contribution in [2.45, 2.75) is 238 Å². The third kappa shape index (κ3) is 20.5. The predicted octanol–water partition coefficient (Wildman–Crippen LogP) is 9.95. The summed E-state index contributed by atoms with van der Waals surface area (Å²) >= 11 is 0. The molecule has 11 nitrogen and oxygen atoms in total. The molecule has 3 amide bonds. The number of ether oxygens (including phenoxy) is 2. The molecule has 1 heterocycles. The molecule has 5 N–H and O–H groups in total. The van der Waals surface area contributed by atoms with Crippen molar-refractivity contribution in [2.24, 2.45) is 11.7 Å². The Balaban J connectivity index is 2.19. The summed E-state index contributed by atoms with van der Waals surface area (Å²) in [4.78, 5) is 44.7. The number of aliphatic hydroxyl groups excluding tert-OH is 3. The van der Waals surface area contributed by atoms with Gasteiger partial charge in [-0.1, -0.05) is 206 Å². The number of hydrogen-bond acceptors (Lipinski definition) is 9. The average Bonchev–Trinajstić information content (AvgIpc) is 3.25. The summed E-state index contributed by atoms with van der Waals surface area (Å²) in [5, 5.41) is 33.2. The van der Waals surface area contributed by atoms with Crippen LogP contribution in [0.3, 0.4) is 0 Å². The van der Waals surface area contributed by atoms with Gasteiger partial charge in [-0.05, 0) is 24.3 Å². The highest BCUT2D eigenvalue weighted by Crippen LogP contribution is 2.31. The molecule has 11 heteroatoms. The van der Waals surface area contributed by atoms with Gasteiger partial charge in [0, 0.05) is 13.0 Å². The summed E-state index contributed by atoms with van der Waals surface area (Å²) < 4.78 is 11.9. The van der Waals surface area contributed by atoms with Crippen LogP contribution >= 0.6 is 0 Å². The highest BCUT2D eigenvalue weighted by molar-refractivity contribution is 5.95. The van der Waals surface area contributed by atoms with E-state index >= 15 is 0 Å². The Hall–Kier alpha value is -2.57. The molecule has 0 saturated carbocycles. The lowest BCUT2D eigenvalue weighted by molar-refractivity contribution is -0.245.